The van der Waals surface area contributed by atoms with Gasteiger partial charge < -0.3 is 33.6 Å². The summed E-state index contributed by atoms with van der Waals surface area (Å²) in [6.07, 6.45) is 4.58. The molecule has 0 bridgehead atoms. The molecular weight excluding hydrogens is 669 g/mol. The number of rotatable bonds is 12. The molecule has 3 aromatic rings. The molecule has 270 valence electrons. The van der Waals surface area contributed by atoms with E-state index in [1.54, 1.807) is 43.4 Å². The van der Waals surface area contributed by atoms with Crippen molar-refractivity contribution in [3.8, 4) is 0 Å². The van der Waals surface area contributed by atoms with Crippen LogP contribution in [0.5, 0.6) is 0 Å². The monoisotopic (exact) mass is 713 g/mol. The Balaban J connectivity index is 1.15. The van der Waals surface area contributed by atoms with Gasteiger partial charge in [-0.3, -0.25) is 19.3 Å². The van der Waals surface area contributed by atoms with E-state index < -0.39 is 18.0 Å². The summed E-state index contributed by atoms with van der Waals surface area (Å²) in [5, 5.41) is 3.41. The number of nitrogens with one attached hydrogen (secondary N) is 1. The number of nitrogens with zero attached hydrogens (tertiary/aromatic N) is 2. The zero-order valence-electron chi connectivity index (χ0n) is 28.7. The maximum absolute atomic E-state index is 15.5. The summed E-state index contributed by atoms with van der Waals surface area (Å²) in [6, 6.07) is 9.37. The highest BCUT2D eigenvalue weighted by atomic mass is 35.5. The van der Waals surface area contributed by atoms with Crippen LogP contribution >= 0.6 is 11.6 Å². The predicted molar refractivity (Wildman–Crippen MR) is 184 cm³/mol. The number of amides is 2. The molecular formula is C37H45ClFN3O8. The number of esters is 1. The molecule has 50 heavy (non-hydrogen) atoms. The second-order valence-electron chi connectivity index (χ2n) is 13.3. The first kappa shape index (κ1) is 36.2. The standard InChI is InChI=1S/C37H45ClFN3O8/c1-4-48-37(45)22-11-13-24(14-12-22)50-36(41-19-32(46-2)33(20-41)47-3)30-9-7-15-42(30)34(43)17-23-16-27(38)29(18-28(23)39)40-35(44)26-21-49-31-10-6-5-8-25(26)31/h5-6,8,10,16,18,21-22,24,30,32-33,36H,4,7,9,11-15,17,19-20H2,1-3H3,(H,40,44)/t22?,24?,30-,32-,33+,36?/m0/s1. The lowest BCUT2D eigenvalue weighted by molar-refractivity contribution is -0.160. The first-order valence-electron chi connectivity index (χ1n) is 17.4. The topological polar surface area (TPSA) is 120 Å². The van der Waals surface area contributed by atoms with Crippen LogP contribution in [0.2, 0.25) is 5.02 Å². The Morgan fingerprint density at radius 3 is 2.46 bits per heavy atom. The minimum Gasteiger partial charge on any atom is -0.466 e. The van der Waals surface area contributed by atoms with Crippen molar-refractivity contribution < 1.29 is 42.1 Å². The SMILES string of the molecule is CCOC(=O)C1CCC(OC([C@@H]2CCCN2C(=O)Cc2cc(Cl)c(NC(=O)c3coc4ccccc34)cc2F)N2C[C@H](OC)[C@H](OC)C2)CC1. The van der Waals surface area contributed by atoms with Crippen molar-refractivity contribution in [1.29, 1.82) is 0 Å². The highest BCUT2D eigenvalue weighted by Gasteiger charge is 2.45. The summed E-state index contributed by atoms with van der Waals surface area (Å²) in [4.78, 5) is 43.3. The number of para-hydroxylation sites is 1. The fourth-order valence-electron chi connectivity index (χ4n) is 7.57. The van der Waals surface area contributed by atoms with Crippen LogP contribution in [0.1, 0.15) is 61.4 Å². The molecule has 1 aliphatic carbocycles. The molecule has 0 radical (unpaired) electrons. The average molecular weight is 714 g/mol. The van der Waals surface area contributed by atoms with Gasteiger partial charge in [-0.1, -0.05) is 29.8 Å². The molecule has 1 N–H and O–H groups in total. The number of fused-ring (bicyclic) bond motifs is 1. The van der Waals surface area contributed by atoms with E-state index in [0.29, 0.717) is 68.5 Å². The molecule has 1 unspecified atom stereocenters. The second-order valence-corrected chi connectivity index (χ2v) is 13.7. The van der Waals surface area contributed by atoms with Gasteiger partial charge in [-0.15, -0.1) is 0 Å². The van der Waals surface area contributed by atoms with Crippen molar-refractivity contribution in [2.45, 2.75) is 82.5 Å². The molecule has 2 aliphatic heterocycles. The number of benzene rings is 2. The fraction of sp³-hybridized carbons (Fsp3) is 0.541. The minimum absolute atomic E-state index is 0.0927. The molecule has 1 aromatic heterocycles. The Hall–Kier alpha value is -3.55. The van der Waals surface area contributed by atoms with Crippen LogP contribution in [-0.4, -0.2) is 98.6 Å². The van der Waals surface area contributed by atoms with E-state index in [1.807, 2.05) is 6.92 Å². The third-order valence-corrected chi connectivity index (χ3v) is 10.5. The Labute approximate surface area is 296 Å². The lowest BCUT2D eigenvalue weighted by atomic mass is 9.87. The molecule has 2 saturated heterocycles. The fourth-order valence-corrected chi connectivity index (χ4v) is 7.80. The van der Waals surface area contributed by atoms with Crippen LogP contribution in [0.4, 0.5) is 10.1 Å². The summed E-state index contributed by atoms with van der Waals surface area (Å²) >= 11 is 6.53. The Kier molecular flexibility index (Phi) is 11.7. The Bertz CT molecular complexity index is 1670. The van der Waals surface area contributed by atoms with Gasteiger partial charge in [0.1, 0.15) is 23.9 Å². The van der Waals surface area contributed by atoms with Crippen molar-refractivity contribution >= 4 is 46.0 Å². The van der Waals surface area contributed by atoms with E-state index in [-0.39, 0.29) is 64.8 Å². The number of ether oxygens (including phenoxy) is 4. The van der Waals surface area contributed by atoms with E-state index in [0.717, 1.165) is 18.9 Å². The van der Waals surface area contributed by atoms with Crippen LogP contribution in [0.15, 0.2) is 47.1 Å². The lowest BCUT2D eigenvalue weighted by Crippen LogP contribution is -2.53. The molecule has 3 heterocycles. The number of methoxy groups -OCH3 is 2. The third kappa shape index (κ3) is 7.84. The Morgan fingerprint density at radius 1 is 1.04 bits per heavy atom. The first-order chi connectivity index (χ1) is 24.2. The number of carbonyl (C=O) groups excluding carboxylic acids is 3. The molecule has 3 fully saturated rings. The summed E-state index contributed by atoms with van der Waals surface area (Å²) in [7, 11) is 3.32. The van der Waals surface area contributed by atoms with Crippen LogP contribution in [0.3, 0.4) is 0 Å². The highest BCUT2D eigenvalue weighted by molar-refractivity contribution is 6.34. The molecule has 13 heteroatoms. The quantitative estimate of drug-likeness (QED) is 0.232. The van der Waals surface area contributed by atoms with Gasteiger partial charge in [0.05, 0.1) is 59.6 Å². The molecule has 1 saturated carbocycles. The number of anilines is 1. The number of carbonyl (C=O) groups is 3. The zero-order valence-corrected chi connectivity index (χ0v) is 29.5. The largest absolute Gasteiger partial charge is 0.466 e. The lowest BCUT2D eigenvalue weighted by Gasteiger charge is -2.40. The molecule has 0 spiro atoms. The van der Waals surface area contributed by atoms with Crippen molar-refractivity contribution in [2.75, 3.05) is 45.8 Å². The van der Waals surface area contributed by atoms with Crippen molar-refractivity contribution in [3.05, 3.63) is 64.6 Å². The number of halogens is 2. The number of hydrogen-bond acceptors (Lipinski definition) is 9. The summed E-state index contributed by atoms with van der Waals surface area (Å²) in [6.45, 7) is 3.83. The van der Waals surface area contributed by atoms with E-state index in [9.17, 15) is 14.4 Å². The summed E-state index contributed by atoms with van der Waals surface area (Å²) in [5.41, 5.74) is 1.08. The molecule has 4 atom stereocenters. The normalized spacial score (nSPS) is 24.8. The van der Waals surface area contributed by atoms with E-state index in [4.69, 9.17) is 35.0 Å². The number of likely N-dealkylation sites (tertiary alicyclic amines) is 2. The molecule has 3 aliphatic rings. The van der Waals surface area contributed by atoms with Crippen LogP contribution in [0, 0.1) is 11.7 Å². The average Bonchev–Trinajstić information content (AvgIpc) is 3.88. The second kappa shape index (κ2) is 16.2. The van der Waals surface area contributed by atoms with Crippen LogP contribution < -0.4 is 5.32 Å². The molecule has 2 amide bonds. The van der Waals surface area contributed by atoms with E-state index in [2.05, 4.69) is 10.2 Å². The van der Waals surface area contributed by atoms with Crippen LogP contribution in [0.25, 0.3) is 11.0 Å². The van der Waals surface area contributed by atoms with Crippen molar-refractivity contribution in [1.82, 2.24) is 9.80 Å². The molecule has 11 nitrogen and oxygen atoms in total. The predicted octanol–water partition coefficient (Wildman–Crippen LogP) is 5.82. The van der Waals surface area contributed by atoms with Gasteiger partial charge in [0.2, 0.25) is 5.91 Å². The van der Waals surface area contributed by atoms with Gasteiger partial charge in [0, 0.05) is 39.2 Å². The number of furan rings is 1. The van der Waals surface area contributed by atoms with Crippen molar-refractivity contribution in [3.63, 3.8) is 0 Å². The van der Waals surface area contributed by atoms with Crippen LogP contribution in [-0.2, 0) is 35.0 Å². The van der Waals surface area contributed by atoms with Gasteiger partial charge >= 0.3 is 5.97 Å². The van der Waals surface area contributed by atoms with Gasteiger partial charge in [0.15, 0.2) is 0 Å². The van der Waals surface area contributed by atoms with Gasteiger partial charge in [0.25, 0.3) is 5.91 Å². The van der Waals surface area contributed by atoms with Gasteiger partial charge in [-0.05, 0) is 69.2 Å². The third-order valence-electron chi connectivity index (χ3n) is 10.2. The molecule has 2 aromatic carbocycles. The Morgan fingerprint density at radius 2 is 1.76 bits per heavy atom. The van der Waals surface area contributed by atoms with Crippen molar-refractivity contribution in [2.24, 2.45) is 5.92 Å². The summed E-state index contributed by atoms with van der Waals surface area (Å²) < 4.78 is 44.5. The first-order valence-corrected chi connectivity index (χ1v) is 17.7. The molecule has 6 rings (SSSR count). The van der Waals surface area contributed by atoms with Gasteiger partial charge in [-0.25, -0.2) is 4.39 Å². The maximum Gasteiger partial charge on any atom is 0.308 e. The van der Waals surface area contributed by atoms with Gasteiger partial charge in [-0.2, -0.15) is 0 Å². The number of hydrogen-bond donors (Lipinski definition) is 1. The smallest absolute Gasteiger partial charge is 0.308 e. The zero-order chi connectivity index (χ0) is 35.4. The highest BCUT2D eigenvalue weighted by Crippen LogP contribution is 2.35. The maximum atomic E-state index is 15.5. The summed E-state index contributed by atoms with van der Waals surface area (Å²) in [5.74, 6) is -1.67. The minimum atomic E-state index is -0.651. The van der Waals surface area contributed by atoms with E-state index in [1.165, 1.54) is 12.3 Å². The van der Waals surface area contributed by atoms with E-state index >= 15 is 4.39 Å².